The first-order chi connectivity index (χ1) is 7.44. The van der Waals surface area contributed by atoms with Gasteiger partial charge in [0.1, 0.15) is 5.60 Å². The standard InChI is InChI=1S/C13H18O3/c1-13(2,3)16-12(14)11-8-6-5-7-10(11)9-15-4/h5-8H,9H2,1-4H3. The summed E-state index contributed by atoms with van der Waals surface area (Å²) in [6.45, 7) is 5.97. The fraction of sp³-hybridized carbons (Fsp3) is 0.462. The van der Waals surface area contributed by atoms with Gasteiger partial charge >= 0.3 is 5.97 Å². The van der Waals surface area contributed by atoms with E-state index in [1.165, 1.54) is 0 Å². The summed E-state index contributed by atoms with van der Waals surface area (Å²) < 4.78 is 10.4. The van der Waals surface area contributed by atoms with E-state index in [0.717, 1.165) is 5.56 Å². The molecule has 0 unspecified atom stereocenters. The fourth-order valence-corrected chi connectivity index (χ4v) is 1.33. The average Bonchev–Trinajstić information content (AvgIpc) is 2.16. The molecule has 0 aromatic heterocycles. The van der Waals surface area contributed by atoms with Crippen molar-refractivity contribution in [2.45, 2.75) is 33.0 Å². The van der Waals surface area contributed by atoms with Gasteiger partial charge in [-0.1, -0.05) is 18.2 Å². The molecule has 0 aliphatic carbocycles. The van der Waals surface area contributed by atoms with E-state index in [9.17, 15) is 4.79 Å². The first-order valence-electron chi connectivity index (χ1n) is 5.24. The van der Waals surface area contributed by atoms with Crippen molar-refractivity contribution in [3.05, 3.63) is 35.4 Å². The molecule has 0 bridgehead atoms. The second-order valence-corrected chi connectivity index (χ2v) is 4.59. The minimum Gasteiger partial charge on any atom is -0.456 e. The lowest BCUT2D eigenvalue weighted by molar-refractivity contribution is 0.00660. The van der Waals surface area contributed by atoms with Gasteiger partial charge in [-0.3, -0.25) is 0 Å². The second kappa shape index (κ2) is 5.12. The van der Waals surface area contributed by atoms with Gasteiger partial charge in [0.2, 0.25) is 0 Å². The SMILES string of the molecule is COCc1ccccc1C(=O)OC(C)(C)C. The molecule has 3 heteroatoms. The molecule has 88 valence electrons. The molecule has 0 fully saturated rings. The van der Waals surface area contributed by atoms with E-state index in [4.69, 9.17) is 9.47 Å². The van der Waals surface area contributed by atoms with Crippen LogP contribution in [0.15, 0.2) is 24.3 Å². The topological polar surface area (TPSA) is 35.5 Å². The Kier molecular flexibility index (Phi) is 4.07. The lowest BCUT2D eigenvalue weighted by Crippen LogP contribution is -2.24. The van der Waals surface area contributed by atoms with Crippen LogP contribution in [0, 0.1) is 0 Å². The Labute approximate surface area is 96.4 Å². The average molecular weight is 222 g/mol. The molecule has 16 heavy (non-hydrogen) atoms. The number of esters is 1. The Bertz CT molecular complexity index is 364. The number of hydrogen-bond acceptors (Lipinski definition) is 3. The van der Waals surface area contributed by atoms with Crippen LogP contribution in [-0.4, -0.2) is 18.7 Å². The molecular formula is C13H18O3. The number of hydrogen-bond donors (Lipinski definition) is 0. The zero-order valence-electron chi connectivity index (χ0n) is 10.2. The molecule has 0 saturated carbocycles. The highest BCUT2D eigenvalue weighted by molar-refractivity contribution is 5.91. The monoisotopic (exact) mass is 222 g/mol. The minimum atomic E-state index is -0.475. The van der Waals surface area contributed by atoms with Crippen LogP contribution in [0.1, 0.15) is 36.7 Å². The molecule has 0 heterocycles. The van der Waals surface area contributed by atoms with Gasteiger partial charge in [-0.05, 0) is 32.4 Å². The summed E-state index contributed by atoms with van der Waals surface area (Å²) in [5, 5.41) is 0. The highest BCUT2D eigenvalue weighted by Crippen LogP contribution is 2.16. The van der Waals surface area contributed by atoms with Crippen LogP contribution in [0.4, 0.5) is 0 Å². The van der Waals surface area contributed by atoms with E-state index >= 15 is 0 Å². The van der Waals surface area contributed by atoms with Crippen LogP contribution in [0.25, 0.3) is 0 Å². The maximum Gasteiger partial charge on any atom is 0.339 e. The number of rotatable bonds is 3. The zero-order valence-corrected chi connectivity index (χ0v) is 10.2. The molecule has 3 nitrogen and oxygen atoms in total. The molecular weight excluding hydrogens is 204 g/mol. The molecule has 0 aliphatic rings. The Morgan fingerprint density at radius 2 is 1.88 bits per heavy atom. The zero-order chi connectivity index (χ0) is 12.2. The van der Waals surface area contributed by atoms with Crippen LogP contribution in [0.2, 0.25) is 0 Å². The van der Waals surface area contributed by atoms with Crippen LogP contribution >= 0.6 is 0 Å². The largest absolute Gasteiger partial charge is 0.456 e. The molecule has 0 aliphatic heterocycles. The summed E-state index contributed by atoms with van der Waals surface area (Å²) in [5.74, 6) is -0.305. The maximum absolute atomic E-state index is 11.9. The third-order valence-corrected chi connectivity index (χ3v) is 1.94. The van der Waals surface area contributed by atoms with Crippen molar-refractivity contribution >= 4 is 5.97 Å². The van der Waals surface area contributed by atoms with E-state index in [1.807, 2.05) is 39.0 Å². The van der Waals surface area contributed by atoms with Gasteiger partial charge in [-0.15, -0.1) is 0 Å². The smallest absolute Gasteiger partial charge is 0.339 e. The molecule has 1 rings (SSSR count). The summed E-state index contributed by atoms with van der Waals surface area (Å²) >= 11 is 0. The van der Waals surface area contributed by atoms with Gasteiger partial charge in [-0.25, -0.2) is 4.79 Å². The summed E-state index contributed by atoms with van der Waals surface area (Å²) in [5.41, 5.74) is 0.940. The van der Waals surface area contributed by atoms with Crippen molar-refractivity contribution in [1.29, 1.82) is 0 Å². The fourth-order valence-electron chi connectivity index (χ4n) is 1.33. The van der Waals surface area contributed by atoms with Crippen molar-refractivity contribution in [2.75, 3.05) is 7.11 Å². The molecule has 0 spiro atoms. The Morgan fingerprint density at radius 3 is 2.44 bits per heavy atom. The van der Waals surface area contributed by atoms with Crippen molar-refractivity contribution in [3.63, 3.8) is 0 Å². The Hall–Kier alpha value is -1.35. The number of benzene rings is 1. The second-order valence-electron chi connectivity index (χ2n) is 4.59. The molecule has 0 saturated heterocycles. The lowest BCUT2D eigenvalue weighted by atomic mass is 10.1. The third-order valence-electron chi connectivity index (χ3n) is 1.94. The Morgan fingerprint density at radius 1 is 1.25 bits per heavy atom. The van der Waals surface area contributed by atoms with Gasteiger partial charge in [-0.2, -0.15) is 0 Å². The van der Waals surface area contributed by atoms with Crippen molar-refractivity contribution in [1.82, 2.24) is 0 Å². The summed E-state index contributed by atoms with van der Waals surface area (Å²) in [4.78, 5) is 11.9. The predicted molar refractivity (Wildman–Crippen MR) is 62.3 cm³/mol. The number of ether oxygens (including phenoxy) is 2. The number of carbonyl (C=O) groups is 1. The molecule has 1 aromatic rings. The molecule has 1 aromatic carbocycles. The first-order valence-corrected chi connectivity index (χ1v) is 5.24. The minimum absolute atomic E-state index is 0.305. The van der Waals surface area contributed by atoms with Gasteiger partial charge in [0.25, 0.3) is 0 Å². The highest BCUT2D eigenvalue weighted by atomic mass is 16.6. The quantitative estimate of drug-likeness (QED) is 0.738. The predicted octanol–water partition coefficient (Wildman–Crippen LogP) is 2.79. The van der Waals surface area contributed by atoms with Gasteiger partial charge in [0.15, 0.2) is 0 Å². The molecule has 0 radical (unpaired) electrons. The van der Waals surface area contributed by atoms with Gasteiger partial charge < -0.3 is 9.47 Å². The van der Waals surface area contributed by atoms with Crippen LogP contribution in [-0.2, 0) is 16.1 Å². The van der Waals surface area contributed by atoms with Crippen LogP contribution in [0.5, 0.6) is 0 Å². The van der Waals surface area contributed by atoms with Gasteiger partial charge in [0.05, 0.1) is 12.2 Å². The van der Waals surface area contributed by atoms with Crippen LogP contribution < -0.4 is 0 Å². The molecule has 0 amide bonds. The van der Waals surface area contributed by atoms with E-state index in [-0.39, 0.29) is 5.97 Å². The summed E-state index contributed by atoms with van der Waals surface area (Å²) in [6.07, 6.45) is 0. The lowest BCUT2D eigenvalue weighted by Gasteiger charge is -2.20. The summed E-state index contributed by atoms with van der Waals surface area (Å²) in [7, 11) is 1.60. The first kappa shape index (κ1) is 12.7. The van der Waals surface area contributed by atoms with Crippen LogP contribution in [0.3, 0.4) is 0 Å². The van der Waals surface area contributed by atoms with E-state index < -0.39 is 5.60 Å². The summed E-state index contributed by atoms with van der Waals surface area (Å²) in [6, 6.07) is 7.31. The van der Waals surface area contributed by atoms with Gasteiger partial charge in [0, 0.05) is 7.11 Å². The van der Waals surface area contributed by atoms with Crippen molar-refractivity contribution in [2.24, 2.45) is 0 Å². The van der Waals surface area contributed by atoms with E-state index in [2.05, 4.69) is 0 Å². The Balaban J connectivity index is 2.90. The number of carbonyl (C=O) groups excluding carboxylic acids is 1. The van der Waals surface area contributed by atoms with E-state index in [0.29, 0.717) is 12.2 Å². The molecule has 0 atom stereocenters. The van der Waals surface area contributed by atoms with E-state index in [1.54, 1.807) is 13.2 Å². The maximum atomic E-state index is 11.9. The molecule has 0 N–H and O–H groups in total. The third kappa shape index (κ3) is 3.66. The normalized spacial score (nSPS) is 11.2. The van der Waals surface area contributed by atoms with Crippen molar-refractivity contribution in [3.8, 4) is 0 Å². The van der Waals surface area contributed by atoms with Crippen molar-refractivity contribution < 1.29 is 14.3 Å². The highest BCUT2D eigenvalue weighted by Gasteiger charge is 2.19. The number of methoxy groups -OCH3 is 1.